The van der Waals surface area contributed by atoms with E-state index >= 15 is 0 Å². The average molecular weight is 462 g/mol. The van der Waals surface area contributed by atoms with Crippen LogP contribution in [-0.2, 0) is 16.0 Å². The van der Waals surface area contributed by atoms with E-state index in [2.05, 4.69) is 5.32 Å². The van der Waals surface area contributed by atoms with Crippen LogP contribution in [0.1, 0.15) is 74.7 Å². The molecule has 3 rings (SSSR count). The van der Waals surface area contributed by atoms with Gasteiger partial charge in [-0.3, -0.25) is 9.59 Å². The quantitative estimate of drug-likeness (QED) is 0.546. The van der Waals surface area contributed by atoms with Gasteiger partial charge in [-0.15, -0.1) is 0 Å². The average Bonchev–Trinajstić information content (AvgIpc) is 2.73. The summed E-state index contributed by atoms with van der Waals surface area (Å²) in [6, 6.07) is 4.62. The topological polar surface area (TPSA) is 102 Å². The van der Waals surface area contributed by atoms with Crippen LogP contribution in [0.2, 0.25) is 0 Å². The lowest BCUT2D eigenvalue weighted by molar-refractivity contribution is -0.117. The Hall–Kier alpha value is -2.64. The molecule has 7 nitrogen and oxygen atoms in total. The molecule has 0 bridgehead atoms. The van der Waals surface area contributed by atoms with E-state index in [4.69, 9.17) is 10.5 Å². The number of amides is 3. The highest BCUT2D eigenvalue weighted by Crippen LogP contribution is 2.54. The minimum atomic E-state index is -0.672. The Kier molecular flexibility index (Phi) is 8.32. The van der Waals surface area contributed by atoms with Crippen LogP contribution in [0.25, 0.3) is 0 Å². The van der Waals surface area contributed by atoms with Crippen LogP contribution in [0.15, 0.2) is 18.2 Å². The van der Waals surface area contributed by atoms with Gasteiger partial charge in [0.25, 0.3) is 5.91 Å². The largest absolute Gasteiger partial charge is 0.447 e. The predicted molar refractivity (Wildman–Crippen MR) is 123 cm³/mol. The Morgan fingerprint density at radius 2 is 1.91 bits per heavy atom. The number of piperidine rings is 1. The number of primary amides is 1. The molecule has 0 radical (unpaired) electrons. The fraction of sp³-hybridized carbons (Fsp3) is 0.640. The number of nitrogens with zero attached hydrogens (tertiary/aromatic N) is 1. The molecule has 182 valence electrons. The maximum Gasteiger partial charge on any atom is 0.410 e. The second-order valence-corrected chi connectivity index (χ2v) is 9.90. The van der Waals surface area contributed by atoms with E-state index in [0.717, 1.165) is 56.7 Å². The number of benzene rings is 1. The van der Waals surface area contributed by atoms with E-state index in [1.165, 1.54) is 31.4 Å². The summed E-state index contributed by atoms with van der Waals surface area (Å²) in [5, 5.41) is 2.30. The van der Waals surface area contributed by atoms with E-state index in [-0.39, 0.29) is 24.3 Å². The zero-order valence-electron chi connectivity index (χ0n) is 19.7. The summed E-state index contributed by atoms with van der Waals surface area (Å²) in [7, 11) is 0. The second-order valence-electron chi connectivity index (χ2n) is 9.90. The Morgan fingerprint density at radius 1 is 1.21 bits per heavy atom. The van der Waals surface area contributed by atoms with Crippen molar-refractivity contribution in [3.05, 3.63) is 35.1 Å². The summed E-state index contributed by atoms with van der Waals surface area (Å²) < 4.78 is 19.6. The van der Waals surface area contributed by atoms with Crippen LogP contribution in [0, 0.1) is 17.2 Å². The minimum absolute atomic E-state index is 0.0799. The van der Waals surface area contributed by atoms with Crippen molar-refractivity contribution in [3.63, 3.8) is 0 Å². The molecule has 0 aromatic heterocycles. The van der Waals surface area contributed by atoms with Crippen molar-refractivity contribution in [3.8, 4) is 0 Å². The van der Waals surface area contributed by atoms with E-state index in [1.807, 2.05) is 18.7 Å². The van der Waals surface area contributed by atoms with Crippen LogP contribution < -0.4 is 11.1 Å². The van der Waals surface area contributed by atoms with Gasteiger partial charge in [-0.05, 0) is 81.4 Å². The Balaban J connectivity index is 1.33. The molecule has 1 aromatic carbocycles. The van der Waals surface area contributed by atoms with Crippen molar-refractivity contribution in [2.45, 2.75) is 71.3 Å². The molecule has 1 aliphatic heterocycles. The number of nitrogens with one attached hydrogen (secondary N) is 1. The molecule has 1 aliphatic carbocycles. The van der Waals surface area contributed by atoms with E-state index < -0.39 is 17.6 Å². The van der Waals surface area contributed by atoms with Crippen LogP contribution >= 0.6 is 0 Å². The summed E-state index contributed by atoms with van der Waals surface area (Å²) in [5.74, 6) is -1.15. The first-order chi connectivity index (χ1) is 15.7. The lowest BCUT2D eigenvalue weighted by Gasteiger charge is -2.52. The highest BCUT2D eigenvalue weighted by molar-refractivity contribution is 5.96. The fourth-order valence-electron chi connectivity index (χ4n) is 5.14. The molecule has 3 amide bonds. The number of halogens is 1. The molecule has 0 unspecified atom stereocenters. The van der Waals surface area contributed by atoms with Gasteiger partial charge in [-0.25, -0.2) is 9.18 Å². The number of likely N-dealkylation sites (tertiary alicyclic amines) is 1. The third kappa shape index (κ3) is 6.92. The van der Waals surface area contributed by atoms with Gasteiger partial charge in [0.2, 0.25) is 5.91 Å². The fourth-order valence-corrected chi connectivity index (χ4v) is 5.14. The number of hydrogen-bond donors (Lipinski definition) is 2. The first-order valence-electron chi connectivity index (χ1n) is 12.0. The van der Waals surface area contributed by atoms with Gasteiger partial charge < -0.3 is 20.7 Å². The predicted octanol–water partition coefficient (Wildman–Crippen LogP) is 3.79. The number of hydrogen-bond acceptors (Lipinski definition) is 4. The highest BCUT2D eigenvalue weighted by atomic mass is 19.1. The summed E-state index contributed by atoms with van der Waals surface area (Å²) in [5.41, 5.74) is 6.18. The number of nitrogens with two attached hydrogens (primary N) is 1. The number of aryl methyl sites for hydroxylation is 1. The standard InChI is InChI=1S/C25H36FN3O4/c1-17(2)33-24(32)29-11-9-25(10-12-29)14-19(15-25)6-4-3-5-18-7-8-20(21(26)13-18)23(31)28-16-22(27)30/h7-8,13,17,19H,3-6,9-12,14-16H2,1-2H3,(H2,27,30)(H,28,31). The van der Waals surface area contributed by atoms with Crippen molar-refractivity contribution in [2.24, 2.45) is 17.1 Å². The van der Waals surface area contributed by atoms with Crippen LogP contribution in [0.4, 0.5) is 9.18 Å². The molecular formula is C25H36FN3O4. The molecule has 1 heterocycles. The maximum atomic E-state index is 14.3. The minimum Gasteiger partial charge on any atom is -0.447 e. The first-order valence-corrected chi connectivity index (χ1v) is 12.0. The monoisotopic (exact) mass is 461 g/mol. The lowest BCUT2D eigenvalue weighted by atomic mass is 9.56. The van der Waals surface area contributed by atoms with E-state index in [1.54, 1.807) is 6.07 Å². The van der Waals surface area contributed by atoms with Crippen molar-refractivity contribution < 1.29 is 23.5 Å². The molecule has 1 spiro atoms. The molecule has 33 heavy (non-hydrogen) atoms. The Morgan fingerprint density at radius 3 is 2.52 bits per heavy atom. The van der Waals surface area contributed by atoms with Crippen molar-refractivity contribution in [2.75, 3.05) is 19.6 Å². The van der Waals surface area contributed by atoms with Gasteiger partial charge >= 0.3 is 6.09 Å². The normalized spacial score (nSPS) is 17.6. The number of carbonyl (C=O) groups excluding carboxylic acids is 3. The third-order valence-electron chi connectivity index (χ3n) is 6.89. The molecule has 1 aromatic rings. The lowest BCUT2D eigenvalue weighted by Crippen LogP contribution is -2.49. The van der Waals surface area contributed by atoms with Gasteiger partial charge in [0.05, 0.1) is 18.2 Å². The van der Waals surface area contributed by atoms with E-state index in [0.29, 0.717) is 5.41 Å². The van der Waals surface area contributed by atoms with Crippen LogP contribution in [0.5, 0.6) is 0 Å². The summed E-state index contributed by atoms with van der Waals surface area (Å²) >= 11 is 0. The number of carbonyl (C=O) groups is 3. The molecule has 2 aliphatic rings. The van der Waals surface area contributed by atoms with Gasteiger partial charge in [-0.2, -0.15) is 0 Å². The van der Waals surface area contributed by atoms with Crippen molar-refractivity contribution in [1.82, 2.24) is 10.2 Å². The van der Waals surface area contributed by atoms with Crippen molar-refractivity contribution >= 4 is 17.9 Å². The summed E-state index contributed by atoms with van der Waals surface area (Å²) in [6.45, 7) is 5.02. The number of rotatable bonds is 9. The number of unbranched alkanes of at least 4 members (excludes halogenated alkanes) is 1. The summed E-state index contributed by atoms with van der Waals surface area (Å²) in [4.78, 5) is 36.5. The molecule has 0 atom stereocenters. The van der Waals surface area contributed by atoms with Crippen LogP contribution in [-0.4, -0.2) is 48.5 Å². The van der Waals surface area contributed by atoms with Gasteiger partial charge in [0.1, 0.15) is 5.82 Å². The van der Waals surface area contributed by atoms with Crippen LogP contribution in [0.3, 0.4) is 0 Å². The van der Waals surface area contributed by atoms with Crippen molar-refractivity contribution in [1.29, 1.82) is 0 Å². The third-order valence-corrected chi connectivity index (χ3v) is 6.89. The molecular weight excluding hydrogens is 425 g/mol. The van der Waals surface area contributed by atoms with Gasteiger partial charge in [0, 0.05) is 13.1 Å². The molecule has 1 saturated heterocycles. The molecule has 8 heteroatoms. The SMILES string of the molecule is CC(C)OC(=O)N1CCC2(CC1)CC(CCCCc1ccc(C(=O)NCC(N)=O)c(F)c1)C2. The maximum absolute atomic E-state index is 14.3. The summed E-state index contributed by atoms with van der Waals surface area (Å²) in [6.07, 6.45) is 8.36. The Bertz CT molecular complexity index is 857. The first kappa shape index (κ1) is 25.0. The molecule has 2 fully saturated rings. The smallest absolute Gasteiger partial charge is 0.410 e. The van der Waals surface area contributed by atoms with Gasteiger partial charge in [0.15, 0.2) is 0 Å². The zero-order chi connectivity index (χ0) is 24.0. The molecule has 3 N–H and O–H groups in total. The zero-order valence-corrected chi connectivity index (χ0v) is 19.7. The Labute approximate surface area is 195 Å². The second kappa shape index (κ2) is 11.0. The highest BCUT2D eigenvalue weighted by Gasteiger charge is 2.45. The molecule has 1 saturated carbocycles. The van der Waals surface area contributed by atoms with E-state index in [9.17, 15) is 18.8 Å². The number of ether oxygens (including phenoxy) is 1. The van der Waals surface area contributed by atoms with Gasteiger partial charge in [-0.1, -0.05) is 18.9 Å².